The van der Waals surface area contributed by atoms with E-state index in [0.717, 1.165) is 16.6 Å². The van der Waals surface area contributed by atoms with E-state index in [0.29, 0.717) is 19.5 Å². The smallest absolute Gasteiger partial charge is 0.338 e. The van der Waals surface area contributed by atoms with Gasteiger partial charge in [-0.1, -0.05) is 24.3 Å². The van der Waals surface area contributed by atoms with Crippen molar-refractivity contribution in [3.05, 3.63) is 47.0 Å². The van der Waals surface area contributed by atoms with Crippen molar-refractivity contribution in [2.45, 2.75) is 51.5 Å². The van der Waals surface area contributed by atoms with Crippen LogP contribution in [0.3, 0.4) is 0 Å². The summed E-state index contributed by atoms with van der Waals surface area (Å²) in [7, 11) is 0. The van der Waals surface area contributed by atoms with E-state index in [1.54, 1.807) is 0 Å². The highest BCUT2D eigenvalue weighted by molar-refractivity contribution is 5.79. The lowest BCUT2D eigenvalue weighted by Crippen LogP contribution is -2.39. The first-order chi connectivity index (χ1) is 14.3. The van der Waals surface area contributed by atoms with Gasteiger partial charge < -0.3 is 14.4 Å². The molecule has 0 fully saturated rings. The van der Waals surface area contributed by atoms with Gasteiger partial charge in [0, 0.05) is 39.0 Å². The molecule has 7 nitrogen and oxygen atoms in total. The molecule has 1 aromatic carbocycles. The number of fused-ring (bicyclic) bond motifs is 2. The zero-order valence-electron chi connectivity index (χ0n) is 16.4. The summed E-state index contributed by atoms with van der Waals surface area (Å²) in [5.41, 5.74) is 2.42. The maximum atomic E-state index is 12.9. The van der Waals surface area contributed by atoms with Gasteiger partial charge in [-0.15, -0.1) is 10.2 Å². The maximum Gasteiger partial charge on any atom is 0.451 e. The van der Waals surface area contributed by atoms with Gasteiger partial charge in [0.25, 0.3) is 0 Å². The van der Waals surface area contributed by atoms with Crippen LogP contribution in [0.5, 0.6) is 0 Å². The Kier molecular flexibility index (Phi) is 5.48. The van der Waals surface area contributed by atoms with Crippen LogP contribution in [0.15, 0.2) is 24.3 Å². The predicted molar refractivity (Wildman–Crippen MR) is 99.9 cm³/mol. The second-order valence-corrected chi connectivity index (χ2v) is 7.59. The van der Waals surface area contributed by atoms with E-state index in [-0.39, 0.29) is 50.1 Å². The minimum absolute atomic E-state index is 0.00122. The third kappa shape index (κ3) is 4.17. The van der Waals surface area contributed by atoms with Crippen LogP contribution in [0.1, 0.15) is 42.0 Å². The standard InChI is InChI=1S/C20H22F3N5O2/c21-20(22,23)19-25-24-16-13-27(10-11-28(16)19)18(30)7-3-6-17(29)26-9-8-14-4-1-2-5-15(14)12-26/h1-2,4-5H,3,6-13H2. The van der Waals surface area contributed by atoms with Crippen LogP contribution in [0.4, 0.5) is 13.2 Å². The van der Waals surface area contributed by atoms with E-state index in [1.807, 2.05) is 23.1 Å². The average molecular weight is 421 g/mol. The van der Waals surface area contributed by atoms with Crippen molar-refractivity contribution in [2.24, 2.45) is 0 Å². The van der Waals surface area contributed by atoms with Crippen molar-refractivity contribution < 1.29 is 22.8 Å². The van der Waals surface area contributed by atoms with E-state index in [1.165, 1.54) is 10.5 Å². The fourth-order valence-corrected chi connectivity index (χ4v) is 4.00. The Morgan fingerprint density at radius 3 is 2.27 bits per heavy atom. The number of hydrogen-bond acceptors (Lipinski definition) is 4. The molecule has 2 aromatic rings. The summed E-state index contributed by atoms with van der Waals surface area (Å²) >= 11 is 0. The summed E-state index contributed by atoms with van der Waals surface area (Å²) in [6.45, 7) is 1.44. The van der Waals surface area contributed by atoms with Gasteiger partial charge in [-0.05, 0) is 24.0 Å². The summed E-state index contributed by atoms with van der Waals surface area (Å²) in [4.78, 5) is 28.2. The highest BCUT2D eigenvalue weighted by Crippen LogP contribution is 2.29. The third-order valence-electron chi connectivity index (χ3n) is 5.62. The molecule has 30 heavy (non-hydrogen) atoms. The molecule has 3 heterocycles. The van der Waals surface area contributed by atoms with Gasteiger partial charge in [0.2, 0.25) is 17.6 Å². The Bertz CT molecular complexity index is 956. The molecular weight excluding hydrogens is 399 g/mol. The number of halogens is 3. The molecular formula is C20H22F3N5O2. The number of nitrogens with zero attached hydrogens (tertiary/aromatic N) is 5. The summed E-state index contributed by atoms with van der Waals surface area (Å²) in [6, 6.07) is 8.06. The molecule has 0 radical (unpaired) electrons. The molecule has 0 atom stereocenters. The fourth-order valence-electron chi connectivity index (χ4n) is 4.00. The third-order valence-corrected chi connectivity index (χ3v) is 5.62. The summed E-state index contributed by atoms with van der Waals surface area (Å²) in [5.74, 6) is -1.07. The van der Waals surface area contributed by atoms with Gasteiger partial charge in [-0.3, -0.25) is 9.59 Å². The highest BCUT2D eigenvalue weighted by Gasteiger charge is 2.39. The van der Waals surface area contributed by atoms with E-state index in [4.69, 9.17) is 0 Å². The SMILES string of the molecule is O=C(CCCC(=O)N1CCn2c(nnc2C(F)(F)F)C1)N1CCc2ccccc2C1. The first kappa shape index (κ1) is 20.4. The Morgan fingerprint density at radius 2 is 1.57 bits per heavy atom. The second-order valence-electron chi connectivity index (χ2n) is 7.59. The van der Waals surface area contributed by atoms with Crippen LogP contribution in [-0.4, -0.2) is 49.5 Å². The normalized spacial score (nSPS) is 16.2. The molecule has 160 valence electrons. The van der Waals surface area contributed by atoms with Gasteiger partial charge in [0.1, 0.15) is 0 Å². The van der Waals surface area contributed by atoms with Gasteiger partial charge in [-0.2, -0.15) is 13.2 Å². The van der Waals surface area contributed by atoms with E-state index >= 15 is 0 Å². The largest absolute Gasteiger partial charge is 0.451 e. The van der Waals surface area contributed by atoms with Crippen LogP contribution in [-0.2, 0) is 41.8 Å². The van der Waals surface area contributed by atoms with E-state index in [2.05, 4.69) is 16.3 Å². The summed E-state index contributed by atoms with van der Waals surface area (Å²) < 4.78 is 39.7. The minimum Gasteiger partial charge on any atom is -0.338 e. The van der Waals surface area contributed by atoms with Gasteiger partial charge >= 0.3 is 6.18 Å². The van der Waals surface area contributed by atoms with Crippen LogP contribution < -0.4 is 0 Å². The Labute approximate surface area is 171 Å². The summed E-state index contributed by atoms with van der Waals surface area (Å²) in [6.07, 6.45) is -2.87. The van der Waals surface area contributed by atoms with Crippen molar-refractivity contribution >= 4 is 11.8 Å². The fraction of sp³-hybridized carbons (Fsp3) is 0.500. The second kappa shape index (κ2) is 8.08. The number of carbonyl (C=O) groups is 2. The number of hydrogen-bond donors (Lipinski definition) is 0. The molecule has 2 aliphatic rings. The number of aromatic nitrogens is 3. The summed E-state index contributed by atoms with van der Waals surface area (Å²) in [5, 5.41) is 6.80. The van der Waals surface area contributed by atoms with Gasteiger partial charge in [0.05, 0.1) is 6.54 Å². The van der Waals surface area contributed by atoms with Crippen LogP contribution in [0, 0.1) is 0 Å². The quantitative estimate of drug-likeness (QED) is 0.760. The lowest BCUT2D eigenvalue weighted by molar-refractivity contribution is -0.148. The van der Waals surface area contributed by atoms with E-state index < -0.39 is 12.0 Å². The van der Waals surface area contributed by atoms with Crippen molar-refractivity contribution in [1.82, 2.24) is 24.6 Å². The maximum absolute atomic E-state index is 12.9. The molecule has 0 bridgehead atoms. The molecule has 0 saturated heterocycles. The van der Waals surface area contributed by atoms with Crippen LogP contribution >= 0.6 is 0 Å². The zero-order chi connectivity index (χ0) is 21.3. The molecule has 4 rings (SSSR count). The van der Waals surface area contributed by atoms with Crippen LogP contribution in [0.2, 0.25) is 0 Å². The molecule has 1 aromatic heterocycles. The Hall–Kier alpha value is -2.91. The lowest BCUT2D eigenvalue weighted by atomic mass is 9.99. The van der Waals surface area contributed by atoms with Crippen molar-refractivity contribution in [3.8, 4) is 0 Å². The van der Waals surface area contributed by atoms with Crippen molar-refractivity contribution in [2.75, 3.05) is 13.1 Å². The molecule has 0 N–H and O–H groups in total. The Morgan fingerprint density at radius 1 is 0.900 bits per heavy atom. The topological polar surface area (TPSA) is 71.3 Å². The van der Waals surface area contributed by atoms with Gasteiger partial charge in [0.15, 0.2) is 5.82 Å². The zero-order valence-corrected chi connectivity index (χ0v) is 16.4. The lowest BCUT2D eigenvalue weighted by Gasteiger charge is -2.29. The molecule has 0 unspecified atom stereocenters. The first-order valence-electron chi connectivity index (χ1n) is 9.94. The Balaban J connectivity index is 1.26. The average Bonchev–Trinajstić information content (AvgIpc) is 3.17. The number of rotatable bonds is 4. The number of carbonyl (C=O) groups excluding carboxylic acids is 2. The van der Waals surface area contributed by atoms with E-state index in [9.17, 15) is 22.8 Å². The predicted octanol–water partition coefficient (Wildman–Crippen LogP) is 2.39. The van der Waals surface area contributed by atoms with Crippen molar-refractivity contribution in [3.63, 3.8) is 0 Å². The van der Waals surface area contributed by atoms with Crippen molar-refractivity contribution in [1.29, 1.82) is 0 Å². The molecule has 0 saturated carbocycles. The highest BCUT2D eigenvalue weighted by atomic mass is 19.4. The molecule has 10 heteroatoms. The first-order valence-corrected chi connectivity index (χ1v) is 9.94. The number of alkyl halides is 3. The monoisotopic (exact) mass is 421 g/mol. The van der Waals surface area contributed by atoms with Crippen LogP contribution in [0.25, 0.3) is 0 Å². The molecule has 2 amide bonds. The molecule has 0 spiro atoms. The molecule has 2 aliphatic heterocycles. The number of amides is 2. The minimum atomic E-state index is -4.56. The molecule has 0 aliphatic carbocycles. The number of benzene rings is 1. The van der Waals surface area contributed by atoms with Gasteiger partial charge in [-0.25, -0.2) is 0 Å².